The van der Waals surface area contributed by atoms with Crippen molar-refractivity contribution in [2.45, 2.75) is 12.8 Å². The topological polar surface area (TPSA) is 39.2 Å². The molecule has 3 nitrogen and oxygen atoms in total. The zero-order valence-corrected chi connectivity index (χ0v) is 10.1. The standard InChI is InChI=1S/C15H15NO2/c17-15(11-4-3-9-18-10-11)13-5-1-7-14-12(13)6-2-8-16-14/h1-2,5-8,11H,3-4,9-10H2. The van der Waals surface area contributed by atoms with Crippen molar-refractivity contribution in [2.75, 3.05) is 13.2 Å². The van der Waals surface area contributed by atoms with Gasteiger partial charge >= 0.3 is 0 Å². The van der Waals surface area contributed by atoms with Crippen LogP contribution in [0, 0.1) is 5.92 Å². The van der Waals surface area contributed by atoms with E-state index < -0.39 is 0 Å². The van der Waals surface area contributed by atoms with Crippen LogP contribution in [0.1, 0.15) is 23.2 Å². The van der Waals surface area contributed by atoms with Crippen LogP contribution in [0.15, 0.2) is 36.5 Å². The Labute approximate surface area is 106 Å². The predicted octanol–water partition coefficient (Wildman–Crippen LogP) is 2.84. The van der Waals surface area contributed by atoms with Gasteiger partial charge in [-0.05, 0) is 25.0 Å². The average molecular weight is 241 g/mol. The summed E-state index contributed by atoms with van der Waals surface area (Å²) in [5.74, 6) is 0.192. The lowest BCUT2D eigenvalue weighted by Gasteiger charge is -2.21. The number of aromatic nitrogens is 1. The minimum absolute atomic E-state index is 0.00422. The molecule has 18 heavy (non-hydrogen) atoms. The Kier molecular flexibility index (Phi) is 3.07. The van der Waals surface area contributed by atoms with Crippen molar-refractivity contribution in [3.63, 3.8) is 0 Å². The number of benzene rings is 1. The first-order valence-electron chi connectivity index (χ1n) is 6.32. The van der Waals surface area contributed by atoms with E-state index in [2.05, 4.69) is 4.98 Å². The molecule has 1 unspecified atom stereocenters. The minimum Gasteiger partial charge on any atom is -0.381 e. The zero-order chi connectivity index (χ0) is 12.4. The van der Waals surface area contributed by atoms with Gasteiger partial charge in [-0.1, -0.05) is 18.2 Å². The molecule has 0 spiro atoms. The molecule has 2 aromatic rings. The van der Waals surface area contributed by atoms with Crippen LogP contribution in [0.5, 0.6) is 0 Å². The van der Waals surface area contributed by atoms with E-state index in [0.29, 0.717) is 6.61 Å². The summed E-state index contributed by atoms with van der Waals surface area (Å²) < 4.78 is 5.40. The fourth-order valence-corrected chi connectivity index (χ4v) is 2.49. The molecular weight excluding hydrogens is 226 g/mol. The van der Waals surface area contributed by atoms with E-state index in [1.165, 1.54) is 0 Å². The highest BCUT2D eigenvalue weighted by atomic mass is 16.5. The van der Waals surface area contributed by atoms with E-state index in [1.807, 2.05) is 30.3 Å². The van der Waals surface area contributed by atoms with Gasteiger partial charge in [0.05, 0.1) is 12.1 Å². The molecule has 1 saturated heterocycles. The third-order valence-corrected chi connectivity index (χ3v) is 3.44. The lowest BCUT2D eigenvalue weighted by molar-refractivity contribution is 0.0462. The molecule has 0 radical (unpaired) electrons. The molecule has 2 heterocycles. The molecule has 1 aromatic carbocycles. The average Bonchev–Trinajstić information content (AvgIpc) is 2.47. The quantitative estimate of drug-likeness (QED) is 0.759. The summed E-state index contributed by atoms with van der Waals surface area (Å²) >= 11 is 0. The number of hydrogen-bond donors (Lipinski definition) is 0. The predicted molar refractivity (Wildman–Crippen MR) is 69.6 cm³/mol. The normalized spacial score (nSPS) is 19.9. The third kappa shape index (κ3) is 2.02. The Balaban J connectivity index is 2.00. The molecule has 1 fully saturated rings. The molecule has 1 aliphatic rings. The van der Waals surface area contributed by atoms with Crippen molar-refractivity contribution < 1.29 is 9.53 Å². The van der Waals surface area contributed by atoms with Crippen LogP contribution < -0.4 is 0 Å². The van der Waals surface area contributed by atoms with E-state index in [9.17, 15) is 4.79 Å². The number of Topliss-reactive ketones (excluding diaryl/α,β-unsaturated/α-hetero) is 1. The largest absolute Gasteiger partial charge is 0.381 e. The molecule has 1 atom stereocenters. The number of ether oxygens (including phenoxy) is 1. The molecule has 3 heteroatoms. The molecule has 1 aromatic heterocycles. The number of hydrogen-bond acceptors (Lipinski definition) is 3. The Bertz CT molecular complexity index is 568. The van der Waals surface area contributed by atoms with Crippen molar-refractivity contribution in [1.82, 2.24) is 4.98 Å². The van der Waals surface area contributed by atoms with E-state index >= 15 is 0 Å². The van der Waals surface area contributed by atoms with Crippen LogP contribution in [-0.2, 0) is 4.74 Å². The van der Waals surface area contributed by atoms with Crippen LogP contribution in [0.3, 0.4) is 0 Å². The lowest BCUT2D eigenvalue weighted by Crippen LogP contribution is -2.25. The molecule has 3 rings (SSSR count). The summed E-state index contributed by atoms with van der Waals surface area (Å²) in [5.41, 5.74) is 1.65. The third-order valence-electron chi connectivity index (χ3n) is 3.44. The first-order chi connectivity index (χ1) is 8.86. The number of carbonyl (C=O) groups is 1. The smallest absolute Gasteiger partial charge is 0.168 e. The minimum atomic E-state index is 0.00422. The second-order valence-corrected chi connectivity index (χ2v) is 4.65. The van der Waals surface area contributed by atoms with Crippen molar-refractivity contribution in [3.05, 3.63) is 42.1 Å². The molecule has 0 saturated carbocycles. The Morgan fingerprint density at radius 1 is 1.28 bits per heavy atom. The lowest BCUT2D eigenvalue weighted by atomic mass is 9.91. The number of pyridine rings is 1. The highest BCUT2D eigenvalue weighted by Crippen LogP contribution is 2.23. The van der Waals surface area contributed by atoms with Crippen LogP contribution >= 0.6 is 0 Å². The number of fused-ring (bicyclic) bond motifs is 1. The summed E-state index contributed by atoms with van der Waals surface area (Å²) in [6.45, 7) is 1.33. The SMILES string of the molecule is O=C(c1cccc2ncccc12)C1CCCOC1. The maximum atomic E-state index is 12.5. The number of carbonyl (C=O) groups excluding carboxylic acids is 1. The number of ketones is 1. The van der Waals surface area contributed by atoms with Gasteiger partial charge in [0.2, 0.25) is 0 Å². The van der Waals surface area contributed by atoms with Crippen LogP contribution in [0.4, 0.5) is 0 Å². The van der Waals surface area contributed by atoms with Crippen LogP contribution in [0.2, 0.25) is 0 Å². The van der Waals surface area contributed by atoms with E-state index in [4.69, 9.17) is 4.74 Å². The summed E-state index contributed by atoms with van der Waals surface area (Å²) in [6.07, 6.45) is 3.65. The Morgan fingerprint density at radius 2 is 2.22 bits per heavy atom. The van der Waals surface area contributed by atoms with Gasteiger partial charge in [-0.2, -0.15) is 0 Å². The Hall–Kier alpha value is -1.74. The molecule has 1 aliphatic heterocycles. The molecule has 92 valence electrons. The maximum Gasteiger partial charge on any atom is 0.168 e. The van der Waals surface area contributed by atoms with Crippen LogP contribution in [-0.4, -0.2) is 24.0 Å². The summed E-state index contributed by atoms with van der Waals surface area (Å²) in [5, 5.41) is 0.940. The van der Waals surface area contributed by atoms with Gasteiger partial charge in [-0.25, -0.2) is 0 Å². The van der Waals surface area contributed by atoms with Crippen molar-refractivity contribution in [1.29, 1.82) is 0 Å². The first-order valence-corrected chi connectivity index (χ1v) is 6.32. The second kappa shape index (κ2) is 4.86. The fraction of sp³-hybridized carbons (Fsp3) is 0.333. The molecule has 0 bridgehead atoms. The summed E-state index contributed by atoms with van der Waals surface area (Å²) in [4.78, 5) is 16.8. The number of rotatable bonds is 2. The van der Waals surface area contributed by atoms with E-state index in [0.717, 1.165) is 35.9 Å². The van der Waals surface area contributed by atoms with Crippen molar-refractivity contribution in [2.24, 2.45) is 5.92 Å². The first kappa shape index (κ1) is 11.4. The van der Waals surface area contributed by atoms with Gasteiger partial charge in [0.25, 0.3) is 0 Å². The van der Waals surface area contributed by atoms with Gasteiger partial charge in [-0.15, -0.1) is 0 Å². The summed E-state index contributed by atoms with van der Waals surface area (Å²) in [6, 6.07) is 9.55. The number of nitrogens with zero attached hydrogens (tertiary/aromatic N) is 1. The van der Waals surface area contributed by atoms with Gasteiger partial charge in [0.15, 0.2) is 5.78 Å². The molecule has 0 aliphatic carbocycles. The highest BCUT2D eigenvalue weighted by molar-refractivity contribution is 6.08. The second-order valence-electron chi connectivity index (χ2n) is 4.65. The molecular formula is C15H15NO2. The van der Waals surface area contributed by atoms with Crippen LogP contribution in [0.25, 0.3) is 10.9 Å². The van der Waals surface area contributed by atoms with Crippen molar-refractivity contribution in [3.8, 4) is 0 Å². The summed E-state index contributed by atoms with van der Waals surface area (Å²) in [7, 11) is 0. The zero-order valence-electron chi connectivity index (χ0n) is 10.1. The monoisotopic (exact) mass is 241 g/mol. The maximum absolute atomic E-state index is 12.5. The van der Waals surface area contributed by atoms with E-state index in [-0.39, 0.29) is 11.7 Å². The van der Waals surface area contributed by atoms with Gasteiger partial charge in [0.1, 0.15) is 0 Å². The van der Waals surface area contributed by atoms with Gasteiger partial charge < -0.3 is 4.74 Å². The fourth-order valence-electron chi connectivity index (χ4n) is 2.49. The van der Waals surface area contributed by atoms with Gasteiger partial charge in [-0.3, -0.25) is 9.78 Å². The highest BCUT2D eigenvalue weighted by Gasteiger charge is 2.24. The molecule has 0 amide bonds. The van der Waals surface area contributed by atoms with E-state index in [1.54, 1.807) is 6.20 Å². The van der Waals surface area contributed by atoms with Gasteiger partial charge in [0, 0.05) is 29.7 Å². The molecule has 0 N–H and O–H groups in total. The Morgan fingerprint density at radius 3 is 3.06 bits per heavy atom. The van der Waals surface area contributed by atoms with Crippen molar-refractivity contribution >= 4 is 16.7 Å².